The largest absolute Gasteiger partial charge is 0.497 e. The first kappa shape index (κ1) is 16.3. The summed E-state index contributed by atoms with van der Waals surface area (Å²) in [4.78, 5) is 14.4. The third kappa shape index (κ3) is 4.45. The first-order valence-corrected chi connectivity index (χ1v) is 8.51. The van der Waals surface area contributed by atoms with Crippen LogP contribution in [0.1, 0.15) is 30.4 Å². The van der Waals surface area contributed by atoms with E-state index >= 15 is 0 Å². The molecule has 1 aromatic rings. The smallest absolute Gasteiger partial charge is 0.234 e. The van der Waals surface area contributed by atoms with Crippen LogP contribution in [0, 0.1) is 0 Å². The Labute approximate surface area is 137 Å². The van der Waals surface area contributed by atoms with Gasteiger partial charge in [-0.05, 0) is 55.5 Å². The number of fused-ring (bicyclic) bond motifs is 1. The molecule has 1 fully saturated rings. The van der Waals surface area contributed by atoms with Gasteiger partial charge in [-0.15, -0.1) is 0 Å². The van der Waals surface area contributed by atoms with Gasteiger partial charge in [0.15, 0.2) is 0 Å². The van der Waals surface area contributed by atoms with Crippen molar-refractivity contribution >= 4 is 5.91 Å². The molecule has 0 aliphatic carbocycles. The van der Waals surface area contributed by atoms with Gasteiger partial charge in [-0.25, -0.2) is 0 Å². The monoisotopic (exact) mass is 318 g/mol. The molecular weight excluding hydrogens is 292 g/mol. The third-order valence-corrected chi connectivity index (χ3v) is 4.65. The Balaban J connectivity index is 1.52. The highest BCUT2D eigenvalue weighted by Gasteiger charge is 2.19. The van der Waals surface area contributed by atoms with Crippen molar-refractivity contribution in [1.29, 1.82) is 0 Å². The van der Waals surface area contributed by atoms with Crippen LogP contribution in [0.15, 0.2) is 18.2 Å². The zero-order valence-electron chi connectivity index (χ0n) is 13.8. The van der Waals surface area contributed by atoms with E-state index < -0.39 is 0 Å². The molecule has 0 bridgehead atoms. The van der Waals surface area contributed by atoms with E-state index in [1.165, 1.54) is 11.1 Å². The van der Waals surface area contributed by atoms with Crippen molar-refractivity contribution in [3.05, 3.63) is 29.3 Å². The Morgan fingerprint density at radius 3 is 3.09 bits per heavy atom. The van der Waals surface area contributed by atoms with Crippen LogP contribution < -0.4 is 10.1 Å². The van der Waals surface area contributed by atoms with Crippen LogP contribution in [-0.2, 0) is 22.5 Å². The molecule has 2 aliphatic heterocycles. The van der Waals surface area contributed by atoms with Crippen molar-refractivity contribution in [3.63, 3.8) is 0 Å². The summed E-state index contributed by atoms with van der Waals surface area (Å²) in [5.41, 5.74) is 2.64. The van der Waals surface area contributed by atoms with Crippen LogP contribution in [-0.4, -0.2) is 50.3 Å². The van der Waals surface area contributed by atoms with Crippen molar-refractivity contribution < 1.29 is 14.3 Å². The maximum atomic E-state index is 12.2. The molecule has 0 spiro atoms. The number of carbonyl (C=O) groups excluding carboxylic acids is 1. The molecule has 23 heavy (non-hydrogen) atoms. The summed E-state index contributed by atoms with van der Waals surface area (Å²) >= 11 is 0. The molecule has 5 heteroatoms. The van der Waals surface area contributed by atoms with Gasteiger partial charge in [0.2, 0.25) is 5.91 Å². The lowest BCUT2D eigenvalue weighted by molar-refractivity contribution is -0.122. The highest BCUT2D eigenvalue weighted by Crippen LogP contribution is 2.23. The maximum Gasteiger partial charge on any atom is 0.234 e. The summed E-state index contributed by atoms with van der Waals surface area (Å²) < 4.78 is 10.8. The van der Waals surface area contributed by atoms with Crippen LogP contribution in [0.5, 0.6) is 5.75 Å². The molecular formula is C18H26N2O3. The minimum atomic E-state index is 0.0949. The zero-order chi connectivity index (χ0) is 16.1. The summed E-state index contributed by atoms with van der Waals surface area (Å²) in [6.45, 7) is 3.70. The first-order chi connectivity index (χ1) is 11.2. The number of ether oxygens (including phenoxy) is 2. The van der Waals surface area contributed by atoms with Gasteiger partial charge in [0, 0.05) is 19.7 Å². The van der Waals surface area contributed by atoms with E-state index in [9.17, 15) is 4.79 Å². The van der Waals surface area contributed by atoms with Gasteiger partial charge < -0.3 is 14.8 Å². The molecule has 1 amide bonds. The SMILES string of the molecule is COc1ccc2c(c1)CCCN(CC(=O)NCC1CCCO1)C2. The summed E-state index contributed by atoms with van der Waals surface area (Å²) in [5.74, 6) is 1.00. The molecule has 1 unspecified atom stereocenters. The highest BCUT2D eigenvalue weighted by atomic mass is 16.5. The number of benzene rings is 1. The minimum absolute atomic E-state index is 0.0949. The van der Waals surface area contributed by atoms with Crippen LogP contribution >= 0.6 is 0 Å². The average molecular weight is 318 g/mol. The molecule has 0 radical (unpaired) electrons. The number of amides is 1. The standard InChI is InChI=1S/C18H26N2O3/c1-22-16-7-6-15-12-20(8-2-4-14(15)10-16)13-18(21)19-11-17-5-3-9-23-17/h6-7,10,17H,2-5,8-9,11-13H2,1H3,(H,19,21). The Morgan fingerprint density at radius 1 is 1.39 bits per heavy atom. The topological polar surface area (TPSA) is 50.8 Å². The van der Waals surface area contributed by atoms with Crippen molar-refractivity contribution in [3.8, 4) is 5.75 Å². The molecule has 1 aromatic carbocycles. The average Bonchev–Trinajstić information content (AvgIpc) is 3.00. The second-order valence-electron chi connectivity index (χ2n) is 6.39. The van der Waals surface area contributed by atoms with Gasteiger partial charge in [0.1, 0.15) is 5.75 Å². The lowest BCUT2D eigenvalue weighted by Gasteiger charge is -2.20. The molecule has 1 atom stereocenters. The van der Waals surface area contributed by atoms with Gasteiger partial charge in [-0.1, -0.05) is 6.07 Å². The van der Waals surface area contributed by atoms with Crippen LogP contribution in [0.2, 0.25) is 0 Å². The van der Waals surface area contributed by atoms with Gasteiger partial charge in [-0.2, -0.15) is 0 Å². The van der Waals surface area contributed by atoms with Crippen molar-refractivity contribution in [1.82, 2.24) is 10.2 Å². The maximum absolute atomic E-state index is 12.2. The summed E-state index contributed by atoms with van der Waals surface area (Å²) in [6.07, 6.45) is 4.47. The highest BCUT2D eigenvalue weighted by molar-refractivity contribution is 5.78. The summed E-state index contributed by atoms with van der Waals surface area (Å²) in [5, 5.41) is 3.01. The molecule has 2 heterocycles. The fraction of sp³-hybridized carbons (Fsp3) is 0.611. The second kappa shape index (κ2) is 7.79. The predicted octanol–water partition coefficient (Wildman–Crippen LogP) is 1.74. The van der Waals surface area contributed by atoms with Crippen LogP contribution in [0.3, 0.4) is 0 Å². The van der Waals surface area contributed by atoms with Gasteiger partial charge in [-0.3, -0.25) is 9.69 Å². The fourth-order valence-electron chi connectivity index (χ4n) is 3.36. The molecule has 0 saturated carbocycles. The van der Waals surface area contributed by atoms with E-state index in [4.69, 9.17) is 9.47 Å². The number of hydrogen-bond acceptors (Lipinski definition) is 4. The number of aryl methyl sites for hydroxylation is 1. The number of rotatable bonds is 5. The summed E-state index contributed by atoms with van der Waals surface area (Å²) in [6, 6.07) is 6.24. The second-order valence-corrected chi connectivity index (χ2v) is 6.39. The number of carbonyl (C=O) groups is 1. The van der Waals surface area contributed by atoms with E-state index in [0.717, 1.165) is 51.1 Å². The molecule has 0 aromatic heterocycles. The molecule has 1 N–H and O–H groups in total. The van der Waals surface area contributed by atoms with Crippen molar-refractivity contribution in [2.24, 2.45) is 0 Å². The number of methoxy groups -OCH3 is 1. The Morgan fingerprint density at radius 2 is 2.30 bits per heavy atom. The zero-order valence-corrected chi connectivity index (χ0v) is 13.8. The molecule has 3 rings (SSSR count). The minimum Gasteiger partial charge on any atom is -0.497 e. The predicted molar refractivity (Wildman–Crippen MR) is 88.6 cm³/mol. The Bertz CT molecular complexity index is 541. The van der Waals surface area contributed by atoms with E-state index in [1.807, 2.05) is 6.07 Å². The first-order valence-electron chi connectivity index (χ1n) is 8.51. The van der Waals surface area contributed by atoms with Gasteiger partial charge >= 0.3 is 0 Å². The molecule has 1 saturated heterocycles. The third-order valence-electron chi connectivity index (χ3n) is 4.65. The Kier molecular flexibility index (Phi) is 5.51. The molecule has 2 aliphatic rings. The lowest BCUT2D eigenvalue weighted by Crippen LogP contribution is -2.40. The van der Waals surface area contributed by atoms with E-state index in [1.54, 1.807) is 7.11 Å². The molecule has 5 nitrogen and oxygen atoms in total. The Hall–Kier alpha value is -1.59. The normalized spacial score (nSPS) is 21.5. The number of hydrogen-bond donors (Lipinski definition) is 1. The summed E-state index contributed by atoms with van der Waals surface area (Å²) in [7, 11) is 1.70. The lowest BCUT2D eigenvalue weighted by atomic mass is 10.0. The van der Waals surface area contributed by atoms with Crippen LogP contribution in [0.4, 0.5) is 0 Å². The fourth-order valence-corrected chi connectivity index (χ4v) is 3.36. The van der Waals surface area contributed by atoms with Gasteiger partial charge in [0.05, 0.1) is 19.8 Å². The van der Waals surface area contributed by atoms with Crippen molar-refractivity contribution in [2.45, 2.75) is 38.3 Å². The van der Waals surface area contributed by atoms with Crippen LogP contribution in [0.25, 0.3) is 0 Å². The molecule has 126 valence electrons. The van der Waals surface area contributed by atoms with E-state index in [-0.39, 0.29) is 12.0 Å². The number of nitrogens with one attached hydrogen (secondary N) is 1. The number of nitrogens with zero attached hydrogens (tertiary/aromatic N) is 1. The van der Waals surface area contributed by atoms with E-state index in [0.29, 0.717) is 13.1 Å². The quantitative estimate of drug-likeness (QED) is 0.898. The van der Waals surface area contributed by atoms with Gasteiger partial charge in [0.25, 0.3) is 0 Å². The van der Waals surface area contributed by atoms with Crippen molar-refractivity contribution in [2.75, 3.05) is 33.4 Å². The van der Waals surface area contributed by atoms with E-state index in [2.05, 4.69) is 22.3 Å².